The fraction of sp³-hybridized carbons (Fsp3) is 0.583. The molecule has 0 aromatic rings. The third-order valence-corrected chi connectivity index (χ3v) is 7.88. The Bertz CT molecular complexity index is 937. The summed E-state index contributed by atoms with van der Waals surface area (Å²) in [7, 11) is -16.9. The molecule has 6 N–H and O–H groups in total. The van der Waals surface area contributed by atoms with Crippen LogP contribution in [-0.4, -0.2) is 66.3 Å². The predicted octanol–water partition coefficient (Wildman–Crippen LogP) is 0.586. The van der Waals surface area contributed by atoms with E-state index >= 15 is 0 Å². The molecule has 2 rings (SSSR count). The van der Waals surface area contributed by atoms with E-state index in [1.165, 1.54) is 6.20 Å². The second-order valence-electron chi connectivity index (χ2n) is 6.70. The molecular weight excluding hydrogens is 492 g/mol. The molecule has 1 saturated heterocycles. The highest BCUT2D eigenvalue weighted by atomic mass is 31.3. The zero-order chi connectivity index (χ0) is 24.0. The molecule has 2 heterocycles. The Kier molecular flexibility index (Phi) is 7.41. The molecule has 0 aliphatic carbocycles. The number of halogens is 1. The summed E-state index contributed by atoms with van der Waals surface area (Å²) >= 11 is 0. The number of phosphoric acid groups is 3. The minimum absolute atomic E-state index is 0.255. The van der Waals surface area contributed by atoms with Gasteiger partial charge in [-0.3, -0.25) is 9.42 Å². The molecule has 0 radical (unpaired) electrons. The van der Waals surface area contributed by atoms with Crippen molar-refractivity contribution >= 4 is 29.5 Å². The largest absolute Gasteiger partial charge is 0.490 e. The summed E-state index contributed by atoms with van der Waals surface area (Å²) in [6.45, 7) is 5.06. The molecule has 178 valence electrons. The Labute approximate surface area is 174 Å². The number of allylic oxidation sites excluding steroid dienone is 1. The van der Waals surface area contributed by atoms with E-state index in [1.807, 2.05) is 0 Å². The van der Waals surface area contributed by atoms with Crippen molar-refractivity contribution in [3.63, 3.8) is 0 Å². The normalized spacial score (nSPS) is 33.5. The molecule has 0 spiro atoms. The van der Waals surface area contributed by atoms with Crippen molar-refractivity contribution < 1.29 is 65.4 Å². The van der Waals surface area contributed by atoms with Crippen molar-refractivity contribution in [2.24, 2.45) is 0 Å². The number of amides is 2. The smallest absolute Gasteiger partial charge is 0.387 e. The zero-order valence-electron chi connectivity index (χ0n) is 15.9. The first kappa shape index (κ1) is 26.3. The van der Waals surface area contributed by atoms with Crippen LogP contribution >= 0.6 is 23.5 Å². The number of aliphatic hydroxyl groups is 1. The van der Waals surface area contributed by atoms with Crippen molar-refractivity contribution in [3.05, 3.63) is 24.0 Å². The molecule has 6 atom stereocenters. The molecule has 3 unspecified atom stereocenters. The van der Waals surface area contributed by atoms with E-state index in [9.17, 15) is 32.9 Å². The van der Waals surface area contributed by atoms with Gasteiger partial charge in [-0.1, -0.05) is 6.58 Å². The lowest BCUT2D eigenvalue weighted by Gasteiger charge is -2.32. The molecule has 2 aliphatic heterocycles. The minimum Gasteiger partial charge on any atom is -0.387 e. The van der Waals surface area contributed by atoms with Gasteiger partial charge in [-0.25, -0.2) is 22.9 Å². The number of aliphatic hydroxyl groups excluding tert-OH is 1. The molecule has 0 aromatic carbocycles. The van der Waals surface area contributed by atoms with Crippen LogP contribution in [0.4, 0.5) is 9.18 Å². The monoisotopic (exact) mass is 512 g/mol. The second-order valence-corrected chi connectivity index (χ2v) is 11.1. The molecule has 2 aliphatic rings. The lowest BCUT2D eigenvalue weighted by Crippen LogP contribution is -2.49. The van der Waals surface area contributed by atoms with Crippen molar-refractivity contribution in [1.82, 2.24) is 10.2 Å². The van der Waals surface area contributed by atoms with Gasteiger partial charge in [0.2, 0.25) is 0 Å². The molecule has 2 amide bonds. The topological polar surface area (TPSA) is 222 Å². The number of rotatable bonds is 8. The molecule has 19 heteroatoms. The van der Waals surface area contributed by atoms with Gasteiger partial charge in [0.15, 0.2) is 12.4 Å². The summed E-state index contributed by atoms with van der Waals surface area (Å²) in [5, 5.41) is 12.5. The SMILES string of the molecule is C=C1NC(=O)N([C@@H]2O[C@](C)(COP(=O)(O)OP(=O)(O)OP(=O)(O)O)[C@H](O)C2F)C=C1C. The molecule has 0 aromatic heterocycles. The van der Waals surface area contributed by atoms with Gasteiger partial charge < -0.3 is 34.7 Å². The molecule has 31 heavy (non-hydrogen) atoms. The van der Waals surface area contributed by atoms with E-state index in [4.69, 9.17) is 19.4 Å². The number of hydrogen-bond acceptors (Lipinski definition) is 9. The summed E-state index contributed by atoms with van der Waals surface area (Å²) in [5.41, 5.74) is -1.36. The van der Waals surface area contributed by atoms with Gasteiger partial charge in [0, 0.05) is 11.9 Å². The van der Waals surface area contributed by atoms with Crippen LogP contribution in [0.3, 0.4) is 0 Å². The van der Waals surface area contributed by atoms with Gasteiger partial charge in [0.1, 0.15) is 11.7 Å². The van der Waals surface area contributed by atoms with Crippen molar-refractivity contribution in [2.45, 2.75) is 38.0 Å². The van der Waals surface area contributed by atoms with E-state index in [1.54, 1.807) is 6.92 Å². The van der Waals surface area contributed by atoms with Crippen LogP contribution < -0.4 is 5.32 Å². The lowest BCUT2D eigenvalue weighted by atomic mass is 9.99. The molecule has 15 nitrogen and oxygen atoms in total. The quantitative estimate of drug-likeness (QED) is 0.245. The molecule has 0 saturated carbocycles. The van der Waals surface area contributed by atoms with Gasteiger partial charge in [-0.05, 0) is 19.4 Å². The van der Waals surface area contributed by atoms with Gasteiger partial charge >= 0.3 is 29.5 Å². The molecule has 1 fully saturated rings. The van der Waals surface area contributed by atoms with Crippen molar-refractivity contribution in [1.29, 1.82) is 0 Å². The van der Waals surface area contributed by atoms with Gasteiger partial charge in [0.25, 0.3) is 0 Å². The van der Waals surface area contributed by atoms with E-state index in [0.717, 1.165) is 11.8 Å². The Morgan fingerprint density at radius 1 is 1.26 bits per heavy atom. The Morgan fingerprint density at radius 3 is 2.39 bits per heavy atom. The number of carbonyl (C=O) groups is 1. The van der Waals surface area contributed by atoms with Crippen molar-refractivity contribution in [3.8, 4) is 0 Å². The van der Waals surface area contributed by atoms with E-state index < -0.39 is 60.2 Å². The van der Waals surface area contributed by atoms with E-state index in [-0.39, 0.29) is 5.70 Å². The second kappa shape index (κ2) is 8.75. The maximum absolute atomic E-state index is 14.7. The summed E-state index contributed by atoms with van der Waals surface area (Å²) < 4.78 is 65.3. The number of hydrogen-bond donors (Lipinski definition) is 6. The highest BCUT2D eigenvalue weighted by molar-refractivity contribution is 7.66. The third kappa shape index (κ3) is 6.51. The van der Waals surface area contributed by atoms with Crippen LogP contribution in [0.5, 0.6) is 0 Å². The van der Waals surface area contributed by atoms with E-state index in [2.05, 4.69) is 25.0 Å². The fourth-order valence-corrected chi connectivity index (χ4v) is 5.69. The molecular formula is C12H20FN2O13P3. The van der Waals surface area contributed by atoms with Gasteiger partial charge in [-0.15, -0.1) is 0 Å². The predicted molar refractivity (Wildman–Crippen MR) is 97.3 cm³/mol. The maximum atomic E-state index is 14.7. The Balaban J connectivity index is 2.12. The highest BCUT2D eigenvalue weighted by Gasteiger charge is 2.56. The van der Waals surface area contributed by atoms with E-state index in [0.29, 0.717) is 5.57 Å². The minimum atomic E-state index is -5.76. The summed E-state index contributed by atoms with van der Waals surface area (Å²) in [6, 6.07) is -0.826. The average molecular weight is 512 g/mol. The highest BCUT2D eigenvalue weighted by Crippen LogP contribution is 2.66. The number of alkyl halides is 1. The van der Waals surface area contributed by atoms with Crippen molar-refractivity contribution in [2.75, 3.05) is 6.61 Å². The summed E-state index contributed by atoms with van der Waals surface area (Å²) in [4.78, 5) is 48.5. The number of phosphoric ester groups is 1. The Hall–Kier alpha value is -0.990. The Morgan fingerprint density at radius 2 is 1.84 bits per heavy atom. The third-order valence-electron chi connectivity index (χ3n) is 4.10. The maximum Gasteiger partial charge on any atom is 0.490 e. The van der Waals surface area contributed by atoms with Gasteiger partial charge in [0.05, 0.1) is 6.61 Å². The summed E-state index contributed by atoms with van der Waals surface area (Å²) in [5.74, 6) is 0. The first-order valence-corrected chi connectivity index (χ1v) is 12.6. The fourth-order valence-electron chi connectivity index (χ4n) is 2.57. The number of ether oxygens (including phenoxy) is 1. The lowest BCUT2D eigenvalue weighted by molar-refractivity contribution is -0.119. The first-order valence-electron chi connectivity index (χ1n) is 8.11. The number of nitrogens with zero attached hydrogens (tertiary/aromatic N) is 1. The van der Waals surface area contributed by atoms with Crippen LogP contribution in [0.25, 0.3) is 0 Å². The van der Waals surface area contributed by atoms with Crippen LogP contribution in [0.2, 0.25) is 0 Å². The van der Waals surface area contributed by atoms with Crippen LogP contribution in [-0.2, 0) is 31.6 Å². The van der Waals surface area contributed by atoms with Gasteiger partial charge in [-0.2, -0.15) is 8.62 Å². The standard InChI is InChI=1S/C12H20FN2O13P3/c1-6-4-15(11(17)14-7(6)2)10-8(13)9(16)12(3,26-10)5-25-30(21,22)28-31(23,24)27-29(18,19)20/h4,8-10,16H,2,5H2,1,3H3,(H,14,17)(H,21,22)(H,23,24)(H2,18,19,20)/t8?,9-,10-,12-/m1/s1. The summed E-state index contributed by atoms with van der Waals surface area (Å²) in [6.07, 6.45) is -4.70. The first-order chi connectivity index (χ1) is 13.9. The average Bonchev–Trinajstić information content (AvgIpc) is 2.78. The van der Waals surface area contributed by atoms with Crippen LogP contribution in [0.15, 0.2) is 24.0 Å². The zero-order valence-corrected chi connectivity index (χ0v) is 18.6. The number of nitrogens with one attached hydrogen (secondary N) is 1. The van der Waals surface area contributed by atoms with Crippen LogP contribution in [0.1, 0.15) is 13.8 Å². The number of urea groups is 1. The number of carbonyl (C=O) groups excluding carboxylic acids is 1. The molecule has 0 bridgehead atoms. The van der Waals surface area contributed by atoms with Crippen LogP contribution in [0, 0.1) is 0 Å².